The molecule has 1 aromatic carbocycles. The van der Waals surface area contributed by atoms with Crippen molar-refractivity contribution in [2.24, 2.45) is 0 Å². The fourth-order valence-electron chi connectivity index (χ4n) is 1.44. The highest BCUT2D eigenvalue weighted by molar-refractivity contribution is 5.78. The van der Waals surface area contributed by atoms with E-state index in [2.05, 4.69) is 15.0 Å². The van der Waals surface area contributed by atoms with Gasteiger partial charge in [-0.25, -0.2) is 4.79 Å². The minimum Gasteiger partial charge on any atom is -0.453 e. The summed E-state index contributed by atoms with van der Waals surface area (Å²) in [5, 5.41) is 3.68. The lowest BCUT2D eigenvalue weighted by Crippen LogP contribution is -2.22. The van der Waals surface area contributed by atoms with Crippen molar-refractivity contribution >= 4 is 17.0 Å². The summed E-state index contributed by atoms with van der Waals surface area (Å²) in [5.74, 6) is 0. The molecule has 0 spiro atoms. The zero-order valence-corrected chi connectivity index (χ0v) is 8.93. The molecule has 0 saturated heterocycles. The summed E-state index contributed by atoms with van der Waals surface area (Å²) in [4.78, 5) is 15.3. The molecule has 2 rings (SSSR count). The van der Waals surface area contributed by atoms with Crippen LogP contribution in [0.3, 0.4) is 0 Å². The van der Waals surface area contributed by atoms with E-state index in [0.717, 1.165) is 16.6 Å². The van der Waals surface area contributed by atoms with E-state index in [-0.39, 0.29) is 0 Å². The molecule has 4 heteroatoms. The third-order valence-corrected chi connectivity index (χ3v) is 2.26. The Kier molecular flexibility index (Phi) is 3.00. The van der Waals surface area contributed by atoms with Gasteiger partial charge in [-0.1, -0.05) is 24.3 Å². The van der Waals surface area contributed by atoms with E-state index in [4.69, 9.17) is 0 Å². The lowest BCUT2D eigenvalue weighted by Gasteiger charge is -2.04. The Labute approximate surface area is 93.3 Å². The van der Waals surface area contributed by atoms with Crippen molar-refractivity contribution in [3.63, 3.8) is 0 Å². The quantitative estimate of drug-likeness (QED) is 0.836. The molecule has 1 N–H and O–H groups in total. The van der Waals surface area contributed by atoms with Crippen LogP contribution in [0.25, 0.3) is 10.9 Å². The molecule has 0 atom stereocenters. The summed E-state index contributed by atoms with van der Waals surface area (Å²) in [5.41, 5.74) is 1.73. The molecule has 4 nitrogen and oxygen atoms in total. The molecule has 16 heavy (non-hydrogen) atoms. The van der Waals surface area contributed by atoms with Gasteiger partial charge < -0.3 is 10.1 Å². The van der Waals surface area contributed by atoms with Crippen molar-refractivity contribution in [3.8, 4) is 0 Å². The first-order chi connectivity index (χ1) is 7.79. The van der Waals surface area contributed by atoms with Gasteiger partial charge in [0.2, 0.25) is 0 Å². The van der Waals surface area contributed by atoms with Crippen LogP contribution < -0.4 is 5.32 Å². The van der Waals surface area contributed by atoms with Gasteiger partial charge in [0.15, 0.2) is 0 Å². The number of rotatable bonds is 2. The van der Waals surface area contributed by atoms with Gasteiger partial charge in [-0.2, -0.15) is 0 Å². The van der Waals surface area contributed by atoms with Crippen molar-refractivity contribution in [2.75, 3.05) is 7.11 Å². The third-order valence-electron chi connectivity index (χ3n) is 2.26. The molecule has 0 bridgehead atoms. The molecule has 0 fully saturated rings. The molecular formula is C12H12N2O2. The van der Waals surface area contributed by atoms with E-state index in [1.807, 2.05) is 36.4 Å². The largest absolute Gasteiger partial charge is 0.453 e. The molecule has 1 amide bonds. The average molecular weight is 216 g/mol. The number of nitrogens with one attached hydrogen (secondary N) is 1. The fraction of sp³-hybridized carbons (Fsp3) is 0.167. The summed E-state index contributed by atoms with van der Waals surface area (Å²) < 4.78 is 4.48. The molecule has 1 aromatic heterocycles. The maximum atomic E-state index is 10.9. The molecule has 2 aromatic rings. The molecule has 0 aliphatic carbocycles. The Morgan fingerprint density at radius 2 is 2.12 bits per heavy atom. The summed E-state index contributed by atoms with van der Waals surface area (Å²) in [7, 11) is 1.34. The van der Waals surface area contributed by atoms with Crippen LogP contribution in [0.1, 0.15) is 5.69 Å². The van der Waals surface area contributed by atoms with Crippen LogP contribution in [-0.4, -0.2) is 18.2 Å². The number of ether oxygens (including phenoxy) is 1. The second-order valence-corrected chi connectivity index (χ2v) is 3.34. The van der Waals surface area contributed by atoms with Gasteiger partial charge in [0.05, 0.1) is 24.9 Å². The van der Waals surface area contributed by atoms with E-state index in [0.29, 0.717) is 6.54 Å². The number of methoxy groups -OCH3 is 1. The smallest absolute Gasteiger partial charge is 0.407 e. The second-order valence-electron chi connectivity index (χ2n) is 3.34. The highest BCUT2D eigenvalue weighted by atomic mass is 16.5. The Balaban J connectivity index is 2.16. The summed E-state index contributed by atoms with van der Waals surface area (Å²) in [6.07, 6.45) is -0.449. The number of benzene rings is 1. The topological polar surface area (TPSA) is 51.2 Å². The molecule has 0 radical (unpaired) electrons. The molecule has 0 saturated carbocycles. The number of pyridine rings is 1. The monoisotopic (exact) mass is 216 g/mol. The number of nitrogens with zero attached hydrogens (tertiary/aromatic N) is 1. The lowest BCUT2D eigenvalue weighted by molar-refractivity contribution is 0.170. The standard InChI is InChI=1S/C12H12N2O2/c1-16-12(15)13-8-10-7-6-9-4-2-3-5-11(9)14-10/h2-7H,8H2,1H3,(H,13,15). The van der Waals surface area contributed by atoms with E-state index in [1.165, 1.54) is 7.11 Å². The Morgan fingerprint density at radius 1 is 1.31 bits per heavy atom. The maximum absolute atomic E-state index is 10.9. The third kappa shape index (κ3) is 2.28. The number of hydrogen-bond donors (Lipinski definition) is 1. The van der Waals surface area contributed by atoms with Crippen LogP contribution in [0, 0.1) is 0 Å². The SMILES string of the molecule is COC(=O)NCc1ccc2ccccc2n1. The van der Waals surface area contributed by atoms with E-state index in [9.17, 15) is 4.79 Å². The minimum absolute atomic E-state index is 0.373. The average Bonchev–Trinajstić information content (AvgIpc) is 2.35. The second kappa shape index (κ2) is 4.61. The molecule has 82 valence electrons. The first kappa shape index (κ1) is 10.4. The van der Waals surface area contributed by atoms with E-state index in [1.54, 1.807) is 0 Å². The molecule has 0 aliphatic rings. The van der Waals surface area contributed by atoms with Gasteiger partial charge in [0.25, 0.3) is 0 Å². The maximum Gasteiger partial charge on any atom is 0.407 e. The van der Waals surface area contributed by atoms with Crippen molar-refractivity contribution < 1.29 is 9.53 Å². The van der Waals surface area contributed by atoms with Crippen LogP contribution in [0.2, 0.25) is 0 Å². The van der Waals surface area contributed by atoms with Gasteiger partial charge in [0, 0.05) is 5.39 Å². The first-order valence-electron chi connectivity index (χ1n) is 4.96. The molecule has 1 heterocycles. The Bertz CT molecular complexity index is 511. The van der Waals surface area contributed by atoms with Crippen LogP contribution in [0.4, 0.5) is 4.79 Å². The summed E-state index contributed by atoms with van der Waals surface area (Å²) >= 11 is 0. The zero-order valence-electron chi connectivity index (χ0n) is 8.93. The first-order valence-corrected chi connectivity index (χ1v) is 4.96. The number of aromatic nitrogens is 1. The van der Waals surface area contributed by atoms with Crippen LogP contribution in [-0.2, 0) is 11.3 Å². The zero-order chi connectivity index (χ0) is 11.4. The van der Waals surface area contributed by atoms with Gasteiger partial charge in [-0.15, -0.1) is 0 Å². The summed E-state index contributed by atoms with van der Waals surface area (Å²) in [6.45, 7) is 0.373. The van der Waals surface area contributed by atoms with E-state index >= 15 is 0 Å². The highest BCUT2D eigenvalue weighted by Crippen LogP contribution is 2.11. The van der Waals surface area contributed by atoms with Gasteiger partial charge >= 0.3 is 6.09 Å². The highest BCUT2D eigenvalue weighted by Gasteiger charge is 2.01. The fourth-order valence-corrected chi connectivity index (χ4v) is 1.44. The predicted octanol–water partition coefficient (Wildman–Crippen LogP) is 2.09. The number of fused-ring (bicyclic) bond motifs is 1. The van der Waals surface area contributed by atoms with Gasteiger partial charge in [-0.05, 0) is 12.1 Å². The number of alkyl carbamates (subject to hydrolysis) is 1. The number of para-hydroxylation sites is 1. The molecule has 0 aliphatic heterocycles. The van der Waals surface area contributed by atoms with Crippen molar-refractivity contribution in [3.05, 3.63) is 42.1 Å². The minimum atomic E-state index is -0.449. The van der Waals surface area contributed by atoms with Gasteiger partial charge in [-0.3, -0.25) is 4.98 Å². The molecular weight excluding hydrogens is 204 g/mol. The number of carbonyl (C=O) groups excluding carboxylic acids is 1. The number of amides is 1. The normalized spacial score (nSPS) is 10.1. The van der Waals surface area contributed by atoms with Crippen LogP contribution in [0.15, 0.2) is 36.4 Å². The van der Waals surface area contributed by atoms with Gasteiger partial charge in [0.1, 0.15) is 0 Å². The van der Waals surface area contributed by atoms with Crippen molar-refractivity contribution in [1.29, 1.82) is 0 Å². The Morgan fingerprint density at radius 3 is 2.94 bits per heavy atom. The Hall–Kier alpha value is -2.10. The van der Waals surface area contributed by atoms with Crippen LogP contribution >= 0.6 is 0 Å². The number of hydrogen-bond acceptors (Lipinski definition) is 3. The van der Waals surface area contributed by atoms with Crippen molar-refractivity contribution in [2.45, 2.75) is 6.54 Å². The molecule has 0 unspecified atom stereocenters. The predicted molar refractivity (Wildman–Crippen MR) is 61.0 cm³/mol. The van der Waals surface area contributed by atoms with E-state index < -0.39 is 6.09 Å². The van der Waals surface area contributed by atoms with Crippen molar-refractivity contribution in [1.82, 2.24) is 10.3 Å². The lowest BCUT2D eigenvalue weighted by atomic mass is 10.2. The van der Waals surface area contributed by atoms with Crippen LogP contribution in [0.5, 0.6) is 0 Å². The number of carbonyl (C=O) groups is 1. The summed E-state index contributed by atoms with van der Waals surface area (Å²) in [6, 6.07) is 11.7.